The number of imidazole rings is 1. The lowest BCUT2D eigenvalue weighted by atomic mass is 9.83. The fraction of sp³-hybridized carbons (Fsp3) is 0.197. The number of para-hydroxylation sites is 2. The first-order chi connectivity index (χ1) is 31.6. The third-order valence-corrected chi connectivity index (χ3v) is 13.1. The molecule has 3 aromatic heterocycles. The molecule has 0 spiro atoms. The van der Waals surface area contributed by atoms with E-state index in [-0.39, 0.29) is 16.2 Å². The van der Waals surface area contributed by atoms with Gasteiger partial charge in [-0.1, -0.05) is 165 Å². The van der Waals surface area contributed by atoms with E-state index in [0.29, 0.717) is 5.56 Å². The molecule has 10 rings (SSSR count). The van der Waals surface area contributed by atoms with Gasteiger partial charge in [0.15, 0.2) is 0 Å². The molecule has 7 aromatic carbocycles. The van der Waals surface area contributed by atoms with Crippen LogP contribution in [0.1, 0.15) is 84.6 Å². The van der Waals surface area contributed by atoms with Crippen LogP contribution in [0.4, 0.5) is 0 Å². The highest BCUT2D eigenvalue weighted by molar-refractivity contribution is 6.13. The summed E-state index contributed by atoms with van der Waals surface area (Å²) in [7, 11) is 0. The Hall–Kier alpha value is -7.55. The van der Waals surface area contributed by atoms with Crippen molar-refractivity contribution >= 4 is 32.8 Å². The van der Waals surface area contributed by atoms with E-state index in [4.69, 9.17) is 9.97 Å². The van der Waals surface area contributed by atoms with Crippen LogP contribution < -0.4 is 0 Å². The summed E-state index contributed by atoms with van der Waals surface area (Å²) in [5, 5.41) is 12.6. The highest BCUT2D eigenvalue weighted by Gasteiger charge is 2.27. The van der Waals surface area contributed by atoms with Gasteiger partial charge in [0, 0.05) is 50.3 Å². The number of nitrogens with zero attached hydrogens (tertiary/aromatic N) is 4. The Morgan fingerprint density at radius 1 is 0.500 bits per heavy atom. The molecule has 0 bridgehead atoms. The van der Waals surface area contributed by atoms with Gasteiger partial charge in [0.05, 0.1) is 33.5 Å². The number of fused-ring (bicyclic) bond motifs is 4. The molecule has 0 aliphatic carbocycles. The maximum absolute atomic E-state index is 10.1. The van der Waals surface area contributed by atoms with E-state index < -0.39 is 0 Å². The van der Waals surface area contributed by atoms with Gasteiger partial charge in [0.25, 0.3) is 0 Å². The molecule has 324 valence electrons. The molecule has 0 aliphatic rings. The van der Waals surface area contributed by atoms with Gasteiger partial charge in [-0.3, -0.25) is 9.55 Å². The number of nitriles is 1. The summed E-state index contributed by atoms with van der Waals surface area (Å²) in [6, 6.07) is 58.9. The summed E-state index contributed by atoms with van der Waals surface area (Å²) in [5.74, 6) is 0.869. The molecule has 0 aliphatic heterocycles. The van der Waals surface area contributed by atoms with Gasteiger partial charge in [0.2, 0.25) is 0 Å². The average Bonchev–Trinajstić information content (AvgIpc) is 3.89. The molecule has 0 saturated heterocycles. The van der Waals surface area contributed by atoms with E-state index in [2.05, 4.69) is 205 Å². The highest BCUT2D eigenvalue weighted by atomic mass is 15.1. The van der Waals surface area contributed by atoms with Crippen molar-refractivity contribution in [1.82, 2.24) is 19.5 Å². The molecule has 1 N–H and O–H groups in total. The predicted octanol–water partition coefficient (Wildman–Crippen LogP) is 16.2. The summed E-state index contributed by atoms with van der Waals surface area (Å²) in [6.45, 7) is 20.5. The number of aromatic nitrogens is 4. The van der Waals surface area contributed by atoms with Crippen LogP contribution >= 0.6 is 0 Å². The molecule has 3 heterocycles. The maximum Gasteiger partial charge on any atom is 0.147 e. The minimum atomic E-state index is -0.172. The third-order valence-electron chi connectivity index (χ3n) is 13.1. The van der Waals surface area contributed by atoms with Gasteiger partial charge in [-0.2, -0.15) is 5.26 Å². The molecule has 10 aromatic rings. The summed E-state index contributed by atoms with van der Waals surface area (Å²) >= 11 is 0. The van der Waals surface area contributed by atoms with Gasteiger partial charge in [-0.05, 0) is 104 Å². The molecule has 0 unspecified atom stereocenters. The minimum Gasteiger partial charge on any atom is -0.354 e. The van der Waals surface area contributed by atoms with Crippen LogP contribution in [0.15, 0.2) is 164 Å². The number of hydrogen-bond acceptors (Lipinski definition) is 3. The zero-order chi connectivity index (χ0) is 46.1. The third kappa shape index (κ3) is 7.57. The zero-order valence-electron chi connectivity index (χ0n) is 39.4. The Morgan fingerprint density at radius 3 is 1.79 bits per heavy atom. The van der Waals surface area contributed by atoms with Crippen molar-refractivity contribution in [3.05, 3.63) is 186 Å². The first-order valence-corrected chi connectivity index (χ1v) is 23.0. The number of benzene rings is 7. The Bertz CT molecular complexity index is 3520. The van der Waals surface area contributed by atoms with E-state index in [1.54, 1.807) is 6.20 Å². The predicted molar refractivity (Wildman–Crippen MR) is 276 cm³/mol. The highest BCUT2D eigenvalue weighted by Crippen LogP contribution is 2.44. The van der Waals surface area contributed by atoms with Crippen LogP contribution in [0, 0.1) is 11.3 Å². The number of H-pyrrole nitrogens is 1. The first kappa shape index (κ1) is 42.4. The topological polar surface area (TPSA) is 70.3 Å². The van der Waals surface area contributed by atoms with Crippen molar-refractivity contribution in [2.24, 2.45) is 0 Å². The van der Waals surface area contributed by atoms with Crippen molar-refractivity contribution in [3.63, 3.8) is 0 Å². The molecule has 0 radical (unpaired) electrons. The fourth-order valence-corrected chi connectivity index (χ4v) is 9.29. The van der Waals surface area contributed by atoms with Crippen molar-refractivity contribution in [2.45, 2.75) is 78.6 Å². The number of pyridine rings is 1. The lowest BCUT2D eigenvalue weighted by molar-refractivity contribution is 0.590. The van der Waals surface area contributed by atoms with Crippen LogP contribution in [0.3, 0.4) is 0 Å². The summed E-state index contributed by atoms with van der Waals surface area (Å²) in [6.07, 6.45) is 1.71. The van der Waals surface area contributed by atoms with Crippen LogP contribution in [0.2, 0.25) is 0 Å². The Labute approximate surface area is 388 Å². The molecule has 0 atom stereocenters. The number of aromatic amines is 1. The van der Waals surface area contributed by atoms with Gasteiger partial charge < -0.3 is 4.98 Å². The second kappa shape index (κ2) is 15.9. The number of rotatable bonds is 6. The Balaban J connectivity index is 1.29. The van der Waals surface area contributed by atoms with Crippen molar-refractivity contribution < 1.29 is 0 Å². The van der Waals surface area contributed by atoms with Gasteiger partial charge in [-0.15, -0.1) is 0 Å². The van der Waals surface area contributed by atoms with Crippen molar-refractivity contribution in [3.8, 4) is 67.8 Å². The van der Waals surface area contributed by atoms with Crippen LogP contribution in [-0.4, -0.2) is 19.5 Å². The molecular formula is C61H55N5. The molecule has 0 amide bonds. The lowest BCUT2D eigenvalue weighted by Gasteiger charge is -2.22. The van der Waals surface area contributed by atoms with E-state index in [1.165, 1.54) is 27.5 Å². The standard InChI is InChI=1S/C61H55N5/c1-59(2,3)43-27-28-52-49(32-43)50-33-45(61(7,8)9)34-51(56(50)64-52)58-65-57-47(24-18-26-55(57)66(58)54-25-17-16-23-46(54)38-19-12-10-13-20-38)40-29-41(31-44(30-40)60(4,5)6)53-35-48(42(36-62)37-63-53)39-21-14-11-15-22-39/h10-35,37,64H,1-9H3. The molecule has 5 nitrogen and oxygen atoms in total. The Morgan fingerprint density at radius 2 is 1.11 bits per heavy atom. The van der Waals surface area contributed by atoms with Gasteiger partial charge in [0.1, 0.15) is 11.9 Å². The quantitative estimate of drug-likeness (QED) is 0.181. The number of nitrogens with one attached hydrogen (secondary N) is 1. The second-order valence-electron chi connectivity index (χ2n) is 20.8. The van der Waals surface area contributed by atoms with E-state index >= 15 is 0 Å². The van der Waals surface area contributed by atoms with Crippen molar-refractivity contribution in [2.75, 3.05) is 0 Å². The van der Waals surface area contributed by atoms with Crippen LogP contribution in [-0.2, 0) is 16.2 Å². The van der Waals surface area contributed by atoms with Crippen molar-refractivity contribution in [1.29, 1.82) is 5.26 Å². The largest absolute Gasteiger partial charge is 0.354 e. The summed E-state index contributed by atoms with van der Waals surface area (Å²) in [5.41, 5.74) is 18.1. The normalized spacial score (nSPS) is 12.3. The van der Waals surface area contributed by atoms with Gasteiger partial charge in [-0.25, -0.2) is 4.98 Å². The molecule has 5 heteroatoms. The monoisotopic (exact) mass is 857 g/mol. The van der Waals surface area contributed by atoms with Gasteiger partial charge >= 0.3 is 0 Å². The Kier molecular flexibility index (Phi) is 10.2. The fourth-order valence-electron chi connectivity index (χ4n) is 9.29. The summed E-state index contributed by atoms with van der Waals surface area (Å²) in [4.78, 5) is 14.7. The van der Waals surface area contributed by atoms with E-state index in [1.807, 2.05) is 30.3 Å². The zero-order valence-corrected chi connectivity index (χ0v) is 39.4. The average molecular weight is 858 g/mol. The number of hydrogen-bond donors (Lipinski definition) is 1. The SMILES string of the molecule is CC(C)(C)c1cc(-c2cc(-c3ccccc3)c(C#N)cn2)cc(-c2cccc3c2nc(-c2cc(C(C)(C)C)cc4c2[nH]c2ccc(C(C)(C)C)cc24)n3-c2ccccc2-c2ccccc2)c1. The smallest absolute Gasteiger partial charge is 0.147 e. The second-order valence-corrected chi connectivity index (χ2v) is 20.8. The summed E-state index contributed by atoms with van der Waals surface area (Å²) < 4.78 is 2.39. The minimum absolute atomic E-state index is 0.00171. The van der Waals surface area contributed by atoms with E-state index in [0.717, 1.165) is 83.8 Å². The van der Waals surface area contributed by atoms with E-state index in [9.17, 15) is 5.26 Å². The van der Waals surface area contributed by atoms with Crippen LogP contribution in [0.25, 0.3) is 94.6 Å². The first-order valence-electron chi connectivity index (χ1n) is 23.0. The maximum atomic E-state index is 10.1. The molecule has 66 heavy (non-hydrogen) atoms. The molecule has 0 fully saturated rings. The lowest BCUT2D eigenvalue weighted by Crippen LogP contribution is -2.11. The molecular weight excluding hydrogens is 803 g/mol. The molecule has 0 saturated carbocycles. The van der Waals surface area contributed by atoms with Crippen LogP contribution in [0.5, 0.6) is 0 Å².